The molecule has 0 heterocycles. The Morgan fingerprint density at radius 1 is 1.42 bits per heavy atom. The molecule has 1 aromatic rings. The molecule has 0 saturated heterocycles. The fraction of sp³-hybridized carbons (Fsp3) is 0.143. The number of hydrogen-bond donors (Lipinski definition) is 2. The number of nitro benzene ring substituents is 1. The Morgan fingerprint density at radius 2 is 2.08 bits per heavy atom. The number of rotatable bonds is 3. The maximum atomic E-state index is 10.4. The molecule has 1 rings (SSSR count). The summed E-state index contributed by atoms with van der Waals surface area (Å²) >= 11 is 0. The topological polar surface area (TPSA) is 67.2 Å². The molecular formula is C7H9N3O2. The number of nitrogens with zero attached hydrogens (tertiary/aromatic N) is 1. The van der Waals surface area contributed by atoms with E-state index in [0.29, 0.717) is 5.69 Å². The van der Waals surface area contributed by atoms with Crippen molar-refractivity contribution < 1.29 is 4.92 Å². The Hall–Kier alpha value is -1.62. The average Bonchev–Trinajstić information content (AvgIpc) is 2.05. The summed E-state index contributed by atoms with van der Waals surface area (Å²) in [7, 11) is 1.65. The molecule has 0 aliphatic heterocycles. The van der Waals surface area contributed by atoms with E-state index in [1.165, 1.54) is 6.07 Å². The van der Waals surface area contributed by atoms with E-state index in [9.17, 15) is 10.1 Å². The van der Waals surface area contributed by atoms with Gasteiger partial charge in [0.05, 0.1) is 4.92 Å². The molecule has 5 heteroatoms. The minimum atomic E-state index is -0.431. The SMILES string of the molecule is CNNc1ccccc1[N+](=O)[O-]. The van der Waals surface area contributed by atoms with Crippen molar-refractivity contribution in [3.05, 3.63) is 34.4 Å². The third kappa shape index (κ3) is 1.70. The van der Waals surface area contributed by atoms with Crippen LogP contribution < -0.4 is 10.9 Å². The van der Waals surface area contributed by atoms with Gasteiger partial charge in [-0.05, 0) is 6.07 Å². The molecule has 5 nitrogen and oxygen atoms in total. The zero-order valence-corrected chi connectivity index (χ0v) is 6.57. The van der Waals surface area contributed by atoms with Crippen molar-refractivity contribution in [2.75, 3.05) is 12.5 Å². The molecule has 0 bridgehead atoms. The van der Waals surface area contributed by atoms with Gasteiger partial charge in [-0.15, -0.1) is 0 Å². The van der Waals surface area contributed by atoms with Crippen molar-refractivity contribution >= 4 is 11.4 Å². The standard InChI is InChI=1S/C7H9N3O2/c1-8-9-6-4-2-3-5-7(6)10(11)12/h2-5,8-9H,1H3. The van der Waals surface area contributed by atoms with Crippen LogP contribution in [-0.4, -0.2) is 12.0 Å². The molecule has 0 aliphatic rings. The summed E-state index contributed by atoms with van der Waals surface area (Å²) in [5.74, 6) is 0. The molecule has 64 valence electrons. The van der Waals surface area contributed by atoms with Gasteiger partial charge in [0, 0.05) is 13.1 Å². The van der Waals surface area contributed by atoms with Gasteiger partial charge >= 0.3 is 0 Å². The van der Waals surface area contributed by atoms with Crippen LogP contribution in [0.3, 0.4) is 0 Å². The van der Waals surface area contributed by atoms with Gasteiger partial charge in [-0.1, -0.05) is 12.1 Å². The van der Waals surface area contributed by atoms with Crippen LogP contribution in [-0.2, 0) is 0 Å². The molecule has 0 fully saturated rings. The molecule has 0 spiro atoms. The van der Waals surface area contributed by atoms with Crippen LogP contribution in [0.25, 0.3) is 0 Å². The Labute approximate surface area is 69.5 Å². The second kappa shape index (κ2) is 3.68. The van der Waals surface area contributed by atoms with Crippen molar-refractivity contribution in [3.8, 4) is 0 Å². The third-order valence-corrected chi connectivity index (χ3v) is 1.36. The molecule has 0 atom stereocenters. The van der Waals surface area contributed by atoms with E-state index in [1.54, 1.807) is 25.2 Å². The summed E-state index contributed by atoms with van der Waals surface area (Å²) in [6, 6.07) is 6.43. The van der Waals surface area contributed by atoms with Gasteiger partial charge < -0.3 is 5.43 Å². The highest BCUT2D eigenvalue weighted by molar-refractivity contribution is 5.60. The first kappa shape index (κ1) is 8.48. The maximum Gasteiger partial charge on any atom is 0.293 e. The highest BCUT2D eigenvalue weighted by Gasteiger charge is 2.10. The minimum absolute atomic E-state index is 0.0619. The smallest absolute Gasteiger partial charge is 0.293 e. The summed E-state index contributed by atoms with van der Waals surface area (Å²) in [5.41, 5.74) is 5.82. The molecule has 0 saturated carbocycles. The normalized spacial score (nSPS) is 9.42. The van der Waals surface area contributed by atoms with Gasteiger partial charge in [0.1, 0.15) is 5.69 Å². The average molecular weight is 167 g/mol. The fourth-order valence-electron chi connectivity index (χ4n) is 0.873. The lowest BCUT2D eigenvalue weighted by atomic mass is 10.3. The predicted octanol–water partition coefficient (Wildman–Crippen LogP) is 1.14. The number of nitrogens with one attached hydrogen (secondary N) is 2. The first-order valence-corrected chi connectivity index (χ1v) is 3.42. The van der Waals surface area contributed by atoms with Crippen LogP contribution in [0.2, 0.25) is 0 Å². The molecular weight excluding hydrogens is 158 g/mol. The molecule has 0 radical (unpaired) electrons. The first-order valence-electron chi connectivity index (χ1n) is 3.42. The second-order valence-electron chi connectivity index (χ2n) is 2.15. The quantitative estimate of drug-likeness (QED) is 0.523. The minimum Gasteiger partial charge on any atom is -0.316 e. The van der Waals surface area contributed by atoms with Crippen molar-refractivity contribution in [1.82, 2.24) is 5.43 Å². The van der Waals surface area contributed by atoms with Crippen LogP contribution in [0, 0.1) is 10.1 Å². The summed E-state index contributed by atoms with van der Waals surface area (Å²) < 4.78 is 0. The van der Waals surface area contributed by atoms with Gasteiger partial charge in [0.2, 0.25) is 0 Å². The summed E-state index contributed by atoms with van der Waals surface area (Å²) in [4.78, 5) is 10.0. The van der Waals surface area contributed by atoms with Gasteiger partial charge in [-0.25, -0.2) is 5.43 Å². The van der Waals surface area contributed by atoms with Gasteiger partial charge in [0.25, 0.3) is 5.69 Å². The number of hydrazine groups is 1. The number of para-hydroxylation sites is 2. The third-order valence-electron chi connectivity index (χ3n) is 1.36. The number of anilines is 1. The van der Waals surface area contributed by atoms with E-state index in [2.05, 4.69) is 10.9 Å². The largest absolute Gasteiger partial charge is 0.316 e. The van der Waals surface area contributed by atoms with Crippen LogP contribution in [0.1, 0.15) is 0 Å². The van der Waals surface area contributed by atoms with E-state index in [1.807, 2.05) is 0 Å². The van der Waals surface area contributed by atoms with Crippen LogP contribution in [0.4, 0.5) is 11.4 Å². The first-order chi connectivity index (χ1) is 5.75. The number of hydrogen-bond acceptors (Lipinski definition) is 4. The summed E-state index contributed by atoms with van der Waals surface area (Å²) in [6.07, 6.45) is 0. The molecule has 0 unspecified atom stereocenters. The molecule has 1 aromatic carbocycles. The monoisotopic (exact) mass is 167 g/mol. The maximum absolute atomic E-state index is 10.4. The Kier molecular flexibility index (Phi) is 2.60. The molecule has 2 N–H and O–H groups in total. The van der Waals surface area contributed by atoms with Crippen LogP contribution in [0.15, 0.2) is 24.3 Å². The Balaban J connectivity index is 3.00. The molecule has 0 amide bonds. The second-order valence-corrected chi connectivity index (χ2v) is 2.15. The highest BCUT2D eigenvalue weighted by atomic mass is 16.6. The van der Waals surface area contributed by atoms with Gasteiger partial charge in [-0.3, -0.25) is 10.1 Å². The van der Waals surface area contributed by atoms with Crippen LogP contribution >= 0.6 is 0 Å². The van der Waals surface area contributed by atoms with E-state index in [0.717, 1.165) is 0 Å². The van der Waals surface area contributed by atoms with Crippen molar-refractivity contribution in [2.24, 2.45) is 0 Å². The number of benzene rings is 1. The lowest BCUT2D eigenvalue weighted by Gasteiger charge is -2.03. The molecule has 12 heavy (non-hydrogen) atoms. The van der Waals surface area contributed by atoms with E-state index in [-0.39, 0.29) is 5.69 Å². The van der Waals surface area contributed by atoms with Crippen molar-refractivity contribution in [2.45, 2.75) is 0 Å². The van der Waals surface area contributed by atoms with Crippen molar-refractivity contribution in [1.29, 1.82) is 0 Å². The predicted molar refractivity (Wildman–Crippen MR) is 45.8 cm³/mol. The fourth-order valence-corrected chi connectivity index (χ4v) is 0.873. The molecule has 0 aromatic heterocycles. The number of nitro groups is 1. The zero-order valence-electron chi connectivity index (χ0n) is 6.57. The van der Waals surface area contributed by atoms with Crippen molar-refractivity contribution in [3.63, 3.8) is 0 Å². The zero-order chi connectivity index (χ0) is 8.97. The van der Waals surface area contributed by atoms with Gasteiger partial charge in [0.15, 0.2) is 0 Å². The lowest BCUT2D eigenvalue weighted by molar-refractivity contribution is -0.384. The Bertz CT molecular complexity index is 288. The highest BCUT2D eigenvalue weighted by Crippen LogP contribution is 2.21. The summed E-state index contributed by atoms with van der Waals surface area (Å²) in [5, 5.41) is 10.4. The Morgan fingerprint density at radius 3 is 2.67 bits per heavy atom. The van der Waals surface area contributed by atoms with Crippen LogP contribution in [0.5, 0.6) is 0 Å². The van der Waals surface area contributed by atoms with Gasteiger partial charge in [-0.2, -0.15) is 0 Å². The lowest BCUT2D eigenvalue weighted by Crippen LogP contribution is -2.15. The van der Waals surface area contributed by atoms with E-state index < -0.39 is 4.92 Å². The summed E-state index contributed by atoms with van der Waals surface area (Å²) in [6.45, 7) is 0. The van der Waals surface area contributed by atoms with E-state index >= 15 is 0 Å². The molecule has 0 aliphatic carbocycles. The van der Waals surface area contributed by atoms with E-state index in [4.69, 9.17) is 0 Å².